The van der Waals surface area contributed by atoms with Gasteiger partial charge in [0, 0.05) is 12.3 Å². The number of pyridine rings is 1. The first-order valence-electron chi connectivity index (χ1n) is 9.60. The minimum absolute atomic E-state index is 0.182. The number of aromatic nitrogens is 2. The van der Waals surface area contributed by atoms with Crippen LogP contribution >= 0.6 is 0 Å². The second kappa shape index (κ2) is 9.73. The molecule has 30 heavy (non-hydrogen) atoms. The average molecular weight is 407 g/mol. The minimum atomic E-state index is -0.203. The summed E-state index contributed by atoms with van der Waals surface area (Å²) in [6.07, 6.45) is 4.91. The van der Waals surface area contributed by atoms with Crippen LogP contribution in [-0.4, -0.2) is 23.2 Å². The van der Waals surface area contributed by atoms with Gasteiger partial charge in [-0.25, -0.2) is 0 Å². The zero-order chi connectivity index (χ0) is 21.5. The molecule has 0 bridgehead atoms. The number of carbonyl (C=O) groups excluding carboxylic acids is 1. The lowest BCUT2D eigenvalue weighted by molar-refractivity contribution is -0.117. The van der Waals surface area contributed by atoms with Crippen LogP contribution in [0.4, 0.5) is 0 Å². The van der Waals surface area contributed by atoms with Crippen LogP contribution in [0.25, 0.3) is 6.08 Å². The Morgan fingerprint density at radius 3 is 2.73 bits per heavy atom. The summed E-state index contributed by atoms with van der Waals surface area (Å²) >= 11 is 0. The second-order valence-corrected chi connectivity index (χ2v) is 6.82. The Morgan fingerprint density at radius 1 is 1.23 bits per heavy atom. The molecule has 0 saturated heterocycles. The molecule has 3 aromatic rings. The third kappa shape index (κ3) is 5.26. The number of amides is 1. The molecule has 1 aromatic carbocycles. The number of benzene rings is 1. The number of carbonyl (C=O) groups is 1. The Hall–Kier alpha value is -3.61. The monoisotopic (exact) mass is 407 g/mol. The van der Waals surface area contributed by atoms with Gasteiger partial charge in [-0.3, -0.25) is 9.78 Å². The number of nitrogens with one attached hydrogen (secondary N) is 1. The number of hydrogen-bond donors (Lipinski definition) is 1. The quantitative estimate of drug-likeness (QED) is 0.564. The fourth-order valence-corrected chi connectivity index (χ4v) is 2.90. The van der Waals surface area contributed by atoms with Crippen LogP contribution in [0.2, 0.25) is 0 Å². The van der Waals surface area contributed by atoms with Crippen molar-refractivity contribution in [3.63, 3.8) is 0 Å². The number of ether oxygens (including phenoxy) is 2. The zero-order valence-corrected chi connectivity index (χ0v) is 17.5. The van der Waals surface area contributed by atoms with Crippen LogP contribution in [-0.2, 0) is 11.4 Å². The van der Waals surface area contributed by atoms with E-state index in [1.165, 1.54) is 6.08 Å². The molecule has 2 heterocycles. The Kier molecular flexibility index (Phi) is 6.85. The fourth-order valence-electron chi connectivity index (χ4n) is 2.90. The molecule has 1 N–H and O–H groups in total. The van der Waals surface area contributed by atoms with E-state index in [0.29, 0.717) is 18.1 Å². The number of nitrogens with zero attached hydrogens (tertiary/aromatic N) is 2. The molecule has 1 atom stereocenters. The van der Waals surface area contributed by atoms with Gasteiger partial charge in [0.15, 0.2) is 11.5 Å². The van der Waals surface area contributed by atoms with E-state index < -0.39 is 0 Å². The highest BCUT2D eigenvalue weighted by molar-refractivity contribution is 5.92. The van der Waals surface area contributed by atoms with Crippen molar-refractivity contribution in [3.8, 4) is 11.5 Å². The molecule has 0 spiro atoms. The maximum absolute atomic E-state index is 12.2. The number of aryl methyl sites for hydroxylation is 2. The smallest absolute Gasteiger partial charge is 0.244 e. The molecule has 156 valence electrons. The maximum atomic E-state index is 12.2. The minimum Gasteiger partial charge on any atom is -0.493 e. The average Bonchev–Trinajstić information content (AvgIpc) is 3.08. The van der Waals surface area contributed by atoms with Crippen LogP contribution in [0.15, 0.2) is 53.2 Å². The molecule has 1 amide bonds. The van der Waals surface area contributed by atoms with E-state index in [1.54, 1.807) is 19.4 Å². The number of hydrogen-bond acceptors (Lipinski definition) is 6. The first-order valence-corrected chi connectivity index (χ1v) is 9.60. The molecule has 1 unspecified atom stereocenters. The van der Waals surface area contributed by atoms with Crippen LogP contribution in [0.5, 0.6) is 11.5 Å². The first kappa shape index (κ1) is 21.1. The van der Waals surface area contributed by atoms with Gasteiger partial charge in [0.1, 0.15) is 12.4 Å². The third-order valence-electron chi connectivity index (χ3n) is 4.66. The van der Waals surface area contributed by atoms with E-state index >= 15 is 0 Å². The molecule has 0 aliphatic rings. The van der Waals surface area contributed by atoms with Crippen LogP contribution in [0, 0.1) is 13.8 Å². The van der Waals surface area contributed by atoms with Crippen molar-refractivity contribution < 1.29 is 18.8 Å². The third-order valence-corrected chi connectivity index (χ3v) is 4.66. The van der Waals surface area contributed by atoms with Gasteiger partial charge in [-0.1, -0.05) is 17.3 Å². The van der Waals surface area contributed by atoms with Gasteiger partial charge >= 0.3 is 0 Å². The van der Waals surface area contributed by atoms with Crippen LogP contribution in [0.1, 0.15) is 41.2 Å². The van der Waals surface area contributed by atoms with Gasteiger partial charge in [0.25, 0.3) is 0 Å². The number of rotatable bonds is 8. The first-order chi connectivity index (χ1) is 14.5. The van der Waals surface area contributed by atoms with Gasteiger partial charge in [-0.15, -0.1) is 0 Å². The molecule has 0 fully saturated rings. The lowest BCUT2D eigenvalue weighted by atomic mass is 10.1. The summed E-state index contributed by atoms with van der Waals surface area (Å²) in [6.45, 7) is 5.95. The van der Waals surface area contributed by atoms with Crippen molar-refractivity contribution in [2.24, 2.45) is 0 Å². The van der Waals surface area contributed by atoms with Gasteiger partial charge in [0.05, 0.1) is 30.1 Å². The zero-order valence-electron chi connectivity index (χ0n) is 17.5. The highest BCUT2D eigenvalue weighted by Gasteiger charge is 2.12. The van der Waals surface area contributed by atoms with Crippen molar-refractivity contribution in [2.45, 2.75) is 33.4 Å². The number of methoxy groups -OCH3 is 1. The van der Waals surface area contributed by atoms with Crippen molar-refractivity contribution >= 4 is 12.0 Å². The Labute approximate surface area is 175 Å². The van der Waals surface area contributed by atoms with Gasteiger partial charge < -0.3 is 19.3 Å². The topological polar surface area (TPSA) is 86.5 Å². The predicted molar refractivity (Wildman–Crippen MR) is 113 cm³/mol. The largest absolute Gasteiger partial charge is 0.493 e. The molecule has 0 radical (unpaired) electrons. The summed E-state index contributed by atoms with van der Waals surface area (Å²) in [5, 5.41) is 6.82. The molecule has 0 saturated carbocycles. The fraction of sp³-hybridized carbons (Fsp3) is 0.261. The van der Waals surface area contributed by atoms with E-state index in [0.717, 1.165) is 28.3 Å². The van der Waals surface area contributed by atoms with Crippen molar-refractivity contribution in [1.82, 2.24) is 15.5 Å². The second-order valence-electron chi connectivity index (χ2n) is 6.82. The maximum Gasteiger partial charge on any atom is 0.244 e. The Morgan fingerprint density at radius 2 is 2.07 bits per heavy atom. The SMILES string of the molecule is COc1cc(/C=C/C(=O)NC(C)c2ccccn2)ccc1OCc1c(C)noc1C. The molecule has 7 heteroatoms. The van der Waals surface area contributed by atoms with E-state index in [2.05, 4.69) is 15.5 Å². The van der Waals surface area contributed by atoms with Crippen molar-refractivity contribution in [1.29, 1.82) is 0 Å². The Balaban J connectivity index is 1.63. The van der Waals surface area contributed by atoms with Crippen LogP contribution < -0.4 is 14.8 Å². The predicted octanol–water partition coefficient (Wildman–Crippen LogP) is 4.16. The highest BCUT2D eigenvalue weighted by Crippen LogP contribution is 2.30. The van der Waals surface area contributed by atoms with Crippen molar-refractivity contribution in [3.05, 3.63) is 76.9 Å². The van der Waals surface area contributed by atoms with Crippen LogP contribution in [0.3, 0.4) is 0 Å². The standard InChI is InChI=1S/C23H25N3O4/c1-15-19(17(3)30-26-15)14-29-21-10-8-18(13-22(21)28-4)9-11-23(27)25-16(2)20-7-5-6-12-24-20/h5-13,16H,14H2,1-4H3,(H,25,27)/b11-9+. The molecule has 0 aliphatic carbocycles. The normalized spacial score (nSPS) is 12.0. The van der Waals surface area contributed by atoms with E-state index in [-0.39, 0.29) is 11.9 Å². The highest BCUT2D eigenvalue weighted by atomic mass is 16.5. The summed E-state index contributed by atoms with van der Waals surface area (Å²) in [7, 11) is 1.58. The van der Waals surface area contributed by atoms with Crippen molar-refractivity contribution in [2.75, 3.05) is 7.11 Å². The summed E-state index contributed by atoms with van der Waals surface area (Å²) < 4.78 is 16.5. The summed E-state index contributed by atoms with van der Waals surface area (Å²) in [5.74, 6) is 1.71. The molecule has 7 nitrogen and oxygen atoms in total. The molecule has 3 rings (SSSR count). The Bertz CT molecular complexity index is 1010. The molecular formula is C23H25N3O4. The lowest BCUT2D eigenvalue weighted by Crippen LogP contribution is -2.25. The van der Waals surface area contributed by atoms with E-state index in [9.17, 15) is 4.79 Å². The van der Waals surface area contributed by atoms with E-state index in [4.69, 9.17) is 14.0 Å². The molecule has 0 aliphatic heterocycles. The summed E-state index contributed by atoms with van der Waals surface area (Å²) in [5.41, 5.74) is 3.34. The van der Waals surface area contributed by atoms with Gasteiger partial charge in [-0.2, -0.15) is 0 Å². The summed E-state index contributed by atoms with van der Waals surface area (Å²) in [4.78, 5) is 16.5. The van der Waals surface area contributed by atoms with Gasteiger partial charge in [-0.05, 0) is 56.7 Å². The molecular weight excluding hydrogens is 382 g/mol. The van der Waals surface area contributed by atoms with Gasteiger partial charge in [0.2, 0.25) is 5.91 Å². The summed E-state index contributed by atoms with van der Waals surface area (Å²) in [6, 6.07) is 10.9. The molecule has 2 aromatic heterocycles. The van der Waals surface area contributed by atoms with E-state index in [1.807, 2.05) is 57.2 Å². The lowest BCUT2D eigenvalue weighted by Gasteiger charge is -2.12.